The number of nitrogens with one attached hydrogen (secondary N) is 1. The summed E-state index contributed by atoms with van der Waals surface area (Å²) in [5.41, 5.74) is 1.14. The van der Waals surface area contributed by atoms with E-state index >= 15 is 0 Å². The second kappa shape index (κ2) is 7.61. The summed E-state index contributed by atoms with van der Waals surface area (Å²) in [5, 5.41) is 2.74. The fourth-order valence-corrected chi connectivity index (χ4v) is 2.90. The van der Waals surface area contributed by atoms with Gasteiger partial charge in [0.25, 0.3) is 17.7 Å². The Morgan fingerprint density at radius 1 is 1.00 bits per heavy atom. The first-order chi connectivity index (χ1) is 12.9. The van der Waals surface area contributed by atoms with Crippen LogP contribution in [-0.2, 0) is 4.79 Å². The predicted octanol–water partition coefficient (Wildman–Crippen LogP) is 3.34. The number of para-hydroxylation sites is 1. The molecule has 27 heavy (non-hydrogen) atoms. The predicted molar refractivity (Wildman–Crippen MR) is 102 cm³/mol. The van der Waals surface area contributed by atoms with Crippen molar-refractivity contribution in [3.8, 4) is 5.75 Å². The van der Waals surface area contributed by atoms with Gasteiger partial charge in [-0.15, -0.1) is 0 Å². The molecule has 3 rings (SSSR count). The van der Waals surface area contributed by atoms with Crippen molar-refractivity contribution in [1.29, 1.82) is 0 Å². The Labute approximate surface area is 158 Å². The van der Waals surface area contributed by atoms with Crippen LogP contribution in [0.3, 0.4) is 0 Å². The molecule has 6 nitrogen and oxygen atoms in total. The van der Waals surface area contributed by atoms with E-state index < -0.39 is 6.10 Å². The topological polar surface area (TPSA) is 75.7 Å². The Hall–Kier alpha value is -3.15. The first-order valence-corrected chi connectivity index (χ1v) is 8.89. The number of anilines is 1. The number of rotatable bonds is 6. The smallest absolute Gasteiger partial charge is 0.265 e. The minimum absolute atomic E-state index is 0.183. The van der Waals surface area contributed by atoms with Gasteiger partial charge in [-0.2, -0.15) is 0 Å². The zero-order chi connectivity index (χ0) is 19.6. The first-order valence-electron chi connectivity index (χ1n) is 8.89. The molecule has 1 aliphatic rings. The van der Waals surface area contributed by atoms with Crippen molar-refractivity contribution in [3.05, 3.63) is 59.7 Å². The quantitative estimate of drug-likeness (QED) is 0.796. The molecule has 0 spiro atoms. The van der Waals surface area contributed by atoms with Gasteiger partial charge >= 0.3 is 0 Å². The summed E-state index contributed by atoms with van der Waals surface area (Å²) >= 11 is 0. The van der Waals surface area contributed by atoms with Crippen LogP contribution in [0.4, 0.5) is 5.69 Å². The molecule has 6 heteroatoms. The lowest BCUT2D eigenvalue weighted by Crippen LogP contribution is -2.33. The Morgan fingerprint density at radius 3 is 2.33 bits per heavy atom. The molecule has 140 valence electrons. The van der Waals surface area contributed by atoms with E-state index in [2.05, 4.69) is 5.32 Å². The van der Waals surface area contributed by atoms with Crippen molar-refractivity contribution >= 4 is 23.4 Å². The Bertz CT molecular complexity index is 877. The maximum Gasteiger partial charge on any atom is 0.265 e. The molecule has 1 heterocycles. The van der Waals surface area contributed by atoms with Crippen LogP contribution < -0.4 is 10.1 Å². The number of ether oxygens (including phenoxy) is 1. The third kappa shape index (κ3) is 4.00. The van der Waals surface area contributed by atoms with Crippen molar-refractivity contribution in [3.63, 3.8) is 0 Å². The van der Waals surface area contributed by atoms with Gasteiger partial charge in [0, 0.05) is 12.2 Å². The van der Waals surface area contributed by atoms with Gasteiger partial charge in [-0.1, -0.05) is 32.0 Å². The van der Waals surface area contributed by atoms with Crippen LogP contribution in [0, 0.1) is 5.92 Å². The summed E-state index contributed by atoms with van der Waals surface area (Å²) in [6.45, 7) is 5.91. The normalized spacial score (nSPS) is 14.3. The molecule has 1 aliphatic heterocycles. The molecule has 3 amide bonds. The number of carbonyl (C=O) groups excluding carboxylic acids is 3. The molecular formula is C21H22N2O4. The van der Waals surface area contributed by atoms with E-state index in [0.717, 1.165) is 0 Å². The number of nitrogens with zero attached hydrogens (tertiary/aromatic N) is 1. The van der Waals surface area contributed by atoms with E-state index in [0.29, 0.717) is 29.1 Å². The van der Waals surface area contributed by atoms with Gasteiger partial charge in [-0.3, -0.25) is 19.3 Å². The van der Waals surface area contributed by atoms with Crippen molar-refractivity contribution in [1.82, 2.24) is 4.90 Å². The SMILES string of the molecule is CC(C)CN1C(=O)c2ccc(NC(=O)C(C)Oc3ccccc3)cc2C1=O. The average molecular weight is 366 g/mol. The summed E-state index contributed by atoms with van der Waals surface area (Å²) in [6, 6.07) is 13.8. The highest BCUT2D eigenvalue weighted by molar-refractivity contribution is 6.21. The van der Waals surface area contributed by atoms with E-state index in [4.69, 9.17) is 4.74 Å². The molecular weight excluding hydrogens is 344 g/mol. The van der Waals surface area contributed by atoms with E-state index in [9.17, 15) is 14.4 Å². The van der Waals surface area contributed by atoms with Crippen LogP contribution in [0.25, 0.3) is 0 Å². The fraction of sp³-hybridized carbons (Fsp3) is 0.286. The van der Waals surface area contributed by atoms with Crippen LogP contribution in [0.15, 0.2) is 48.5 Å². The van der Waals surface area contributed by atoms with Crippen molar-refractivity contribution in [2.24, 2.45) is 5.92 Å². The molecule has 2 aromatic carbocycles. The van der Waals surface area contributed by atoms with E-state index in [1.165, 1.54) is 4.90 Å². The van der Waals surface area contributed by atoms with E-state index in [-0.39, 0.29) is 23.6 Å². The monoisotopic (exact) mass is 366 g/mol. The Kier molecular flexibility index (Phi) is 5.26. The summed E-state index contributed by atoms with van der Waals surface area (Å²) in [7, 11) is 0. The second-order valence-electron chi connectivity index (χ2n) is 6.94. The van der Waals surface area contributed by atoms with Crippen molar-refractivity contribution in [2.75, 3.05) is 11.9 Å². The van der Waals surface area contributed by atoms with E-state index in [1.807, 2.05) is 32.0 Å². The lowest BCUT2D eigenvalue weighted by atomic mass is 10.1. The van der Waals surface area contributed by atoms with Gasteiger partial charge in [0.2, 0.25) is 0 Å². The highest BCUT2D eigenvalue weighted by Gasteiger charge is 2.35. The molecule has 0 bridgehead atoms. The Balaban J connectivity index is 1.71. The van der Waals surface area contributed by atoms with Crippen LogP contribution in [0.2, 0.25) is 0 Å². The highest BCUT2D eigenvalue weighted by Crippen LogP contribution is 2.26. The van der Waals surface area contributed by atoms with Crippen LogP contribution >= 0.6 is 0 Å². The molecule has 0 aliphatic carbocycles. The van der Waals surface area contributed by atoms with Crippen molar-refractivity contribution < 1.29 is 19.1 Å². The van der Waals surface area contributed by atoms with Crippen LogP contribution in [0.5, 0.6) is 5.75 Å². The van der Waals surface area contributed by atoms with Crippen molar-refractivity contribution in [2.45, 2.75) is 26.9 Å². The molecule has 0 fully saturated rings. The summed E-state index contributed by atoms with van der Waals surface area (Å²) < 4.78 is 5.60. The van der Waals surface area contributed by atoms with Gasteiger partial charge < -0.3 is 10.1 Å². The van der Waals surface area contributed by atoms with Gasteiger partial charge in [-0.05, 0) is 43.2 Å². The van der Waals surface area contributed by atoms with Gasteiger partial charge in [0.05, 0.1) is 11.1 Å². The molecule has 1 atom stereocenters. The van der Waals surface area contributed by atoms with Gasteiger partial charge in [-0.25, -0.2) is 0 Å². The zero-order valence-corrected chi connectivity index (χ0v) is 15.6. The maximum absolute atomic E-state index is 12.5. The molecule has 2 aromatic rings. The number of hydrogen-bond donors (Lipinski definition) is 1. The lowest BCUT2D eigenvalue weighted by Gasteiger charge is -2.15. The zero-order valence-electron chi connectivity index (χ0n) is 15.6. The van der Waals surface area contributed by atoms with E-state index in [1.54, 1.807) is 37.3 Å². The maximum atomic E-state index is 12.5. The number of carbonyl (C=O) groups is 3. The molecule has 1 N–H and O–H groups in total. The standard InChI is InChI=1S/C21H22N2O4/c1-13(2)12-23-20(25)17-10-9-15(11-18(17)21(23)26)22-19(24)14(3)27-16-7-5-4-6-8-16/h4-11,13-14H,12H2,1-3H3,(H,22,24). The second-order valence-corrected chi connectivity index (χ2v) is 6.94. The molecule has 0 saturated carbocycles. The number of benzene rings is 2. The highest BCUT2D eigenvalue weighted by atomic mass is 16.5. The summed E-state index contributed by atoms with van der Waals surface area (Å²) in [6.07, 6.45) is -0.713. The average Bonchev–Trinajstić information content (AvgIpc) is 2.87. The number of fused-ring (bicyclic) bond motifs is 1. The molecule has 0 radical (unpaired) electrons. The third-order valence-electron chi connectivity index (χ3n) is 4.21. The summed E-state index contributed by atoms with van der Waals surface area (Å²) in [4.78, 5) is 38.5. The van der Waals surface area contributed by atoms with Gasteiger partial charge in [0.15, 0.2) is 6.10 Å². The fourth-order valence-electron chi connectivity index (χ4n) is 2.90. The first kappa shape index (κ1) is 18.6. The largest absolute Gasteiger partial charge is 0.481 e. The molecule has 0 aromatic heterocycles. The number of imide groups is 1. The summed E-state index contributed by atoms with van der Waals surface area (Å²) in [5.74, 6) is -0.174. The number of hydrogen-bond acceptors (Lipinski definition) is 4. The van der Waals surface area contributed by atoms with Gasteiger partial charge in [0.1, 0.15) is 5.75 Å². The minimum atomic E-state index is -0.713. The molecule has 1 unspecified atom stereocenters. The third-order valence-corrected chi connectivity index (χ3v) is 4.21. The Morgan fingerprint density at radius 2 is 1.67 bits per heavy atom. The lowest BCUT2D eigenvalue weighted by molar-refractivity contribution is -0.122. The number of amides is 3. The minimum Gasteiger partial charge on any atom is -0.481 e. The van der Waals surface area contributed by atoms with Crippen LogP contribution in [0.1, 0.15) is 41.5 Å². The van der Waals surface area contributed by atoms with Crippen LogP contribution in [-0.4, -0.2) is 35.3 Å². The molecule has 0 saturated heterocycles.